The molecule has 0 saturated heterocycles. The van der Waals surface area contributed by atoms with E-state index < -0.39 is 23.9 Å². The Morgan fingerprint density at radius 2 is 2.08 bits per heavy atom. The van der Waals surface area contributed by atoms with Gasteiger partial charge in [-0.25, -0.2) is 13.2 Å². The molecule has 9 heteroatoms. The summed E-state index contributed by atoms with van der Waals surface area (Å²) in [5.74, 6) is -1.71. The molecule has 132 valence electrons. The molecule has 1 atom stereocenters. The van der Waals surface area contributed by atoms with E-state index in [1.165, 1.54) is 12.1 Å². The predicted octanol–water partition coefficient (Wildman–Crippen LogP) is 3.91. The highest BCUT2D eigenvalue weighted by Crippen LogP contribution is 2.45. The number of alkyl halides is 2. The van der Waals surface area contributed by atoms with Gasteiger partial charge in [0, 0.05) is 22.7 Å². The first-order valence-electron chi connectivity index (χ1n) is 7.72. The Kier molecular flexibility index (Phi) is 3.50. The Bertz CT molecular complexity index is 1110. The minimum absolute atomic E-state index is 0.00906. The number of hydrogen-bond acceptors (Lipinski definition) is 5. The number of allylic oxidation sites excluding steroid dienone is 2. The zero-order chi connectivity index (χ0) is 18.6. The standard InChI is InChI=1S/C17H12F3N5O/c1-6-8-3-9(11(18)4-12(8)24-23-6)14-10(5-21)15(16(19)20)22-17-13(14)7(2)25-26-17/h3-4,14,16,22H,1-2H3,(H,23,24). The van der Waals surface area contributed by atoms with Gasteiger partial charge < -0.3 is 9.84 Å². The van der Waals surface area contributed by atoms with E-state index in [0.717, 1.165) is 0 Å². The smallest absolute Gasteiger partial charge is 0.279 e. The van der Waals surface area contributed by atoms with Crippen LogP contribution in [0.4, 0.5) is 19.1 Å². The summed E-state index contributed by atoms with van der Waals surface area (Å²) < 4.78 is 46.9. The lowest BCUT2D eigenvalue weighted by Crippen LogP contribution is -2.22. The summed E-state index contributed by atoms with van der Waals surface area (Å²) in [6, 6.07) is 4.55. The highest BCUT2D eigenvalue weighted by Gasteiger charge is 2.38. The maximum absolute atomic E-state index is 14.8. The Hall–Kier alpha value is -3.28. The van der Waals surface area contributed by atoms with Crippen molar-refractivity contribution < 1.29 is 17.7 Å². The van der Waals surface area contributed by atoms with Crippen molar-refractivity contribution in [3.8, 4) is 6.07 Å². The molecular formula is C17H12F3N5O. The van der Waals surface area contributed by atoms with Crippen molar-refractivity contribution in [3.63, 3.8) is 0 Å². The number of hydrogen-bond donors (Lipinski definition) is 2. The van der Waals surface area contributed by atoms with Crippen LogP contribution < -0.4 is 5.32 Å². The zero-order valence-electron chi connectivity index (χ0n) is 13.7. The topological polar surface area (TPSA) is 90.5 Å². The van der Waals surface area contributed by atoms with E-state index in [1.54, 1.807) is 19.9 Å². The van der Waals surface area contributed by atoms with Crippen LogP contribution in [0.25, 0.3) is 10.9 Å². The lowest BCUT2D eigenvalue weighted by molar-refractivity contribution is 0.188. The number of nitrogens with one attached hydrogen (secondary N) is 2. The highest BCUT2D eigenvalue weighted by atomic mass is 19.3. The highest BCUT2D eigenvalue weighted by molar-refractivity contribution is 5.83. The number of aryl methyl sites for hydroxylation is 2. The van der Waals surface area contributed by atoms with Gasteiger partial charge in [-0.1, -0.05) is 5.16 Å². The largest absolute Gasteiger partial charge is 0.338 e. The minimum Gasteiger partial charge on any atom is -0.338 e. The second kappa shape index (κ2) is 5.62. The van der Waals surface area contributed by atoms with Gasteiger partial charge >= 0.3 is 0 Å². The molecule has 1 aromatic carbocycles. The fourth-order valence-electron chi connectivity index (χ4n) is 3.30. The number of anilines is 1. The lowest BCUT2D eigenvalue weighted by atomic mass is 9.81. The van der Waals surface area contributed by atoms with Crippen molar-refractivity contribution in [1.29, 1.82) is 5.26 Å². The molecule has 6 nitrogen and oxygen atoms in total. The van der Waals surface area contributed by atoms with E-state index in [4.69, 9.17) is 4.52 Å². The van der Waals surface area contributed by atoms with Gasteiger partial charge in [0.05, 0.1) is 40.0 Å². The first-order valence-corrected chi connectivity index (χ1v) is 7.72. The fraction of sp³-hybridized carbons (Fsp3) is 0.235. The summed E-state index contributed by atoms with van der Waals surface area (Å²) >= 11 is 0. The van der Waals surface area contributed by atoms with Crippen molar-refractivity contribution >= 4 is 16.8 Å². The molecule has 0 fully saturated rings. The van der Waals surface area contributed by atoms with E-state index in [-0.39, 0.29) is 17.0 Å². The third-order valence-corrected chi connectivity index (χ3v) is 4.54. The van der Waals surface area contributed by atoms with Crippen LogP contribution in [0.5, 0.6) is 0 Å². The van der Waals surface area contributed by atoms with Gasteiger partial charge in [-0.05, 0) is 19.9 Å². The number of nitrogens with zero attached hydrogens (tertiary/aromatic N) is 3. The number of halogens is 3. The first kappa shape index (κ1) is 16.2. The molecule has 3 heterocycles. The van der Waals surface area contributed by atoms with Crippen LogP contribution in [0.2, 0.25) is 0 Å². The number of aromatic nitrogens is 3. The Balaban J connectivity index is 2.04. The molecule has 1 aliphatic heterocycles. The number of aromatic amines is 1. The second-order valence-corrected chi connectivity index (χ2v) is 6.05. The summed E-state index contributed by atoms with van der Waals surface area (Å²) in [5, 5.41) is 23.1. The second-order valence-electron chi connectivity index (χ2n) is 6.05. The van der Waals surface area contributed by atoms with E-state index in [9.17, 15) is 18.4 Å². The van der Waals surface area contributed by atoms with Crippen LogP contribution in [-0.2, 0) is 0 Å². The minimum atomic E-state index is -2.95. The summed E-state index contributed by atoms with van der Waals surface area (Å²) in [7, 11) is 0. The summed E-state index contributed by atoms with van der Waals surface area (Å²) in [4.78, 5) is 0. The van der Waals surface area contributed by atoms with Gasteiger partial charge in [-0.3, -0.25) is 5.10 Å². The van der Waals surface area contributed by atoms with Crippen LogP contribution in [-0.4, -0.2) is 21.8 Å². The quantitative estimate of drug-likeness (QED) is 0.724. The van der Waals surface area contributed by atoms with E-state index >= 15 is 0 Å². The van der Waals surface area contributed by atoms with E-state index in [0.29, 0.717) is 27.9 Å². The SMILES string of the molecule is Cc1noc2c1C(c1cc3c(C)[nH]nc3cc1F)C(C#N)=C(C(F)F)N2. The molecule has 0 saturated carbocycles. The molecule has 2 N–H and O–H groups in total. The number of fused-ring (bicyclic) bond motifs is 2. The van der Waals surface area contributed by atoms with Gasteiger partial charge in [-0.15, -0.1) is 0 Å². The van der Waals surface area contributed by atoms with Crippen molar-refractivity contribution in [1.82, 2.24) is 15.4 Å². The van der Waals surface area contributed by atoms with Gasteiger partial charge in [0.25, 0.3) is 6.43 Å². The monoisotopic (exact) mass is 359 g/mol. The van der Waals surface area contributed by atoms with Crippen molar-refractivity contribution in [3.05, 3.63) is 51.7 Å². The summed E-state index contributed by atoms with van der Waals surface area (Å²) in [6.45, 7) is 3.38. The van der Waals surface area contributed by atoms with Gasteiger partial charge in [-0.2, -0.15) is 10.4 Å². The molecule has 26 heavy (non-hydrogen) atoms. The normalized spacial score (nSPS) is 16.7. The molecule has 1 aliphatic rings. The maximum Gasteiger partial charge on any atom is 0.279 e. The van der Waals surface area contributed by atoms with Gasteiger partial charge in [0.2, 0.25) is 5.88 Å². The van der Waals surface area contributed by atoms with Crippen molar-refractivity contribution in [2.45, 2.75) is 26.2 Å². The molecule has 0 amide bonds. The van der Waals surface area contributed by atoms with Gasteiger partial charge in [0.1, 0.15) is 5.82 Å². The number of nitriles is 1. The summed E-state index contributed by atoms with van der Waals surface area (Å²) in [6.07, 6.45) is -2.95. The Labute approximate surface area is 145 Å². The van der Waals surface area contributed by atoms with Crippen LogP contribution in [0, 0.1) is 31.0 Å². The third kappa shape index (κ3) is 2.19. The Morgan fingerprint density at radius 1 is 1.31 bits per heavy atom. The molecular weight excluding hydrogens is 347 g/mol. The number of benzene rings is 1. The molecule has 2 aromatic heterocycles. The van der Waals surface area contributed by atoms with E-state index in [1.807, 2.05) is 0 Å². The molecule has 3 aromatic rings. The molecule has 0 aliphatic carbocycles. The molecule has 1 unspecified atom stereocenters. The lowest BCUT2D eigenvalue weighted by Gasteiger charge is -2.25. The van der Waals surface area contributed by atoms with Gasteiger partial charge in [0.15, 0.2) is 0 Å². The van der Waals surface area contributed by atoms with Crippen molar-refractivity contribution in [2.24, 2.45) is 0 Å². The Morgan fingerprint density at radius 3 is 2.77 bits per heavy atom. The molecule has 0 spiro atoms. The molecule has 0 radical (unpaired) electrons. The third-order valence-electron chi connectivity index (χ3n) is 4.54. The average Bonchev–Trinajstić information content (AvgIpc) is 3.15. The molecule has 4 rings (SSSR count). The summed E-state index contributed by atoms with van der Waals surface area (Å²) in [5.41, 5.74) is 1.09. The van der Waals surface area contributed by atoms with Crippen LogP contribution >= 0.6 is 0 Å². The number of H-pyrrole nitrogens is 1. The van der Waals surface area contributed by atoms with Crippen LogP contribution in [0.3, 0.4) is 0 Å². The number of rotatable bonds is 2. The van der Waals surface area contributed by atoms with Crippen LogP contribution in [0.15, 0.2) is 27.9 Å². The van der Waals surface area contributed by atoms with Crippen molar-refractivity contribution in [2.75, 3.05) is 5.32 Å². The molecule has 0 bridgehead atoms. The average molecular weight is 359 g/mol. The maximum atomic E-state index is 14.8. The van der Waals surface area contributed by atoms with E-state index in [2.05, 4.69) is 20.7 Å². The predicted molar refractivity (Wildman–Crippen MR) is 86.1 cm³/mol. The zero-order valence-corrected chi connectivity index (χ0v) is 13.7. The fourth-order valence-corrected chi connectivity index (χ4v) is 3.30. The first-order chi connectivity index (χ1) is 12.4. The van der Waals surface area contributed by atoms with Crippen LogP contribution in [0.1, 0.15) is 28.4 Å².